The highest BCUT2D eigenvalue weighted by molar-refractivity contribution is 6.04. The lowest BCUT2D eigenvalue weighted by Gasteiger charge is -2.34. The number of carbonyl (C=O) groups is 1. The summed E-state index contributed by atoms with van der Waals surface area (Å²) < 4.78 is 5.55. The Balaban J connectivity index is 1.69. The molecule has 1 N–H and O–H groups in total. The highest BCUT2D eigenvalue weighted by Crippen LogP contribution is 2.33. The number of carbonyl (C=O) groups excluding carboxylic acids is 1. The lowest BCUT2D eigenvalue weighted by molar-refractivity contribution is 0.0197. The smallest absolute Gasteiger partial charge is 0.410 e. The molecule has 26 heavy (non-hydrogen) atoms. The zero-order valence-electron chi connectivity index (χ0n) is 15.3. The van der Waals surface area contributed by atoms with Crippen molar-refractivity contribution >= 4 is 28.0 Å². The molecule has 1 fully saturated rings. The summed E-state index contributed by atoms with van der Waals surface area (Å²) in [5, 5.41) is 2.04. The summed E-state index contributed by atoms with van der Waals surface area (Å²) in [5.74, 6) is 0.155. The molecule has 4 heterocycles. The number of amides is 1. The summed E-state index contributed by atoms with van der Waals surface area (Å²) >= 11 is 0. The van der Waals surface area contributed by atoms with Gasteiger partial charge in [-0.15, -0.1) is 0 Å². The highest BCUT2D eigenvalue weighted by atomic mass is 16.6. The van der Waals surface area contributed by atoms with Gasteiger partial charge in [-0.05, 0) is 39.7 Å². The monoisotopic (exact) mass is 353 g/mol. The number of hydrogen-bond donors (Lipinski definition) is 1. The lowest BCUT2D eigenvalue weighted by Crippen LogP contribution is -2.42. The summed E-state index contributed by atoms with van der Waals surface area (Å²) in [4.78, 5) is 30.8. The lowest BCUT2D eigenvalue weighted by atomic mass is 9.92. The molecule has 136 valence electrons. The topological polar surface area (TPSA) is 84.0 Å². The SMILES string of the molecule is CC(C)(C)OC(=O)N1CCCC(c2ncnc3cnc4[nH]ccc4c23)C1. The second-order valence-electron chi connectivity index (χ2n) is 7.78. The van der Waals surface area contributed by atoms with Crippen molar-refractivity contribution in [1.29, 1.82) is 0 Å². The Kier molecular flexibility index (Phi) is 4.01. The fraction of sp³-hybridized carbons (Fsp3) is 0.474. The molecule has 0 aromatic carbocycles. The first-order valence-corrected chi connectivity index (χ1v) is 8.97. The zero-order chi connectivity index (χ0) is 18.3. The molecule has 7 heteroatoms. The molecule has 1 aliphatic rings. The van der Waals surface area contributed by atoms with E-state index in [1.807, 2.05) is 33.0 Å². The van der Waals surface area contributed by atoms with Gasteiger partial charge in [0.2, 0.25) is 0 Å². The Morgan fingerprint density at radius 3 is 2.96 bits per heavy atom. The molecule has 1 amide bonds. The van der Waals surface area contributed by atoms with Gasteiger partial charge in [0.25, 0.3) is 0 Å². The van der Waals surface area contributed by atoms with E-state index in [1.54, 1.807) is 17.4 Å². The Labute approximate surface area is 151 Å². The van der Waals surface area contributed by atoms with Crippen molar-refractivity contribution in [2.75, 3.05) is 13.1 Å². The summed E-state index contributed by atoms with van der Waals surface area (Å²) in [6.45, 7) is 6.99. The average Bonchev–Trinajstić information content (AvgIpc) is 3.09. The minimum Gasteiger partial charge on any atom is -0.444 e. The number of likely N-dealkylation sites (tertiary alicyclic amines) is 1. The molecule has 1 unspecified atom stereocenters. The largest absolute Gasteiger partial charge is 0.444 e. The van der Waals surface area contributed by atoms with E-state index in [0.717, 1.165) is 47.0 Å². The number of pyridine rings is 1. The molecule has 7 nitrogen and oxygen atoms in total. The third-order valence-corrected chi connectivity index (χ3v) is 4.68. The van der Waals surface area contributed by atoms with E-state index in [4.69, 9.17) is 4.74 Å². The molecular weight excluding hydrogens is 330 g/mol. The van der Waals surface area contributed by atoms with Gasteiger partial charge in [-0.25, -0.2) is 19.7 Å². The molecule has 0 saturated carbocycles. The number of piperidine rings is 1. The first kappa shape index (κ1) is 16.8. The van der Waals surface area contributed by atoms with Gasteiger partial charge >= 0.3 is 6.09 Å². The molecule has 1 saturated heterocycles. The van der Waals surface area contributed by atoms with Crippen LogP contribution in [0, 0.1) is 0 Å². The van der Waals surface area contributed by atoms with Gasteiger partial charge in [-0.3, -0.25) is 0 Å². The second kappa shape index (κ2) is 6.23. The highest BCUT2D eigenvalue weighted by Gasteiger charge is 2.30. The van der Waals surface area contributed by atoms with Gasteiger partial charge in [0.05, 0.1) is 17.4 Å². The third-order valence-electron chi connectivity index (χ3n) is 4.68. The normalized spacial score (nSPS) is 18.4. The van der Waals surface area contributed by atoms with Crippen molar-refractivity contribution in [3.63, 3.8) is 0 Å². The molecule has 0 spiro atoms. The Morgan fingerprint density at radius 1 is 1.31 bits per heavy atom. The van der Waals surface area contributed by atoms with Gasteiger partial charge in [-0.2, -0.15) is 0 Å². The maximum absolute atomic E-state index is 12.5. The van der Waals surface area contributed by atoms with Crippen LogP contribution in [0.3, 0.4) is 0 Å². The van der Waals surface area contributed by atoms with Crippen molar-refractivity contribution in [2.24, 2.45) is 0 Å². The summed E-state index contributed by atoms with van der Waals surface area (Å²) in [6, 6.07) is 2.01. The van der Waals surface area contributed by atoms with Crippen molar-refractivity contribution < 1.29 is 9.53 Å². The van der Waals surface area contributed by atoms with E-state index in [-0.39, 0.29) is 12.0 Å². The molecule has 1 aliphatic heterocycles. The van der Waals surface area contributed by atoms with E-state index in [9.17, 15) is 4.79 Å². The second-order valence-corrected chi connectivity index (χ2v) is 7.78. The Morgan fingerprint density at radius 2 is 2.15 bits per heavy atom. The molecule has 0 bridgehead atoms. The fourth-order valence-corrected chi connectivity index (χ4v) is 3.58. The van der Waals surface area contributed by atoms with Crippen LogP contribution in [0.4, 0.5) is 4.79 Å². The summed E-state index contributed by atoms with van der Waals surface area (Å²) in [5.41, 5.74) is 2.15. The molecule has 0 aliphatic carbocycles. The van der Waals surface area contributed by atoms with Crippen molar-refractivity contribution in [3.8, 4) is 0 Å². The molecule has 3 aromatic heterocycles. The van der Waals surface area contributed by atoms with Crippen LogP contribution in [-0.2, 0) is 4.74 Å². The van der Waals surface area contributed by atoms with Crippen molar-refractivity contribution in [1.82, 2.24) is 24.8 Å². The van der Waals surface area contributed by atoms with Crippen LogP contribution in [0.2, 0.25) is 0 Å². The van der Waals surface area contributed by atoms with Crippen molar-refractivity contribution in [3.05, 3.63) is 30.5 Å². The minimum absolute atomic E-state index is 0.155. The van der Waals surface area contributed by atoms with Crippen LogP contribution < -0.4 is 0 Å². The van der Waals surface area contributed by atoms with Gasteiger partial charge in [0, 0.05) is 36.0 Å². The first-order chi connectivity index (χ1) is 12.4. The van der Waals surface area contributed by atoms with E-state index in [0.29, 0.717) is 6.54 Å². The minimum atomic E-state index is -0.491. The third kappa shape index (κ3) is 3.09. The Bertz CT molecular complexity index is 959. The fourth-order valence-electron chi connectivity index (χ4n) is 3.58. The van der Waals surface area contributed by atoms with E-state index < -0.39 is 5.60 Å². The molecule has 4 rings (SSSR count). The molecule has 0 radical (unpaired) electrons. The predicted molar refractivity (Wildman–Crippen MR) is 99.0 cm³/mol. The number of hydrogen-bond acceptors (Lipinski definition) is 5. The number of aromatic nitrogens is 4. The first-order valence-electron chi connectivity index (χ1n) is 8.97. The number of H-pyrrole nitrogens is 1. The van der Waals surface area contributed by atoms with Crippen LogP contribution in [0.1, 0.15) is 45.2 Å². The van der Waals surface area contributed by atoms with E-state index in [1.165, 1.54) is 0 Å². The maximum Gasteiger partial charge on any atom is 0.410 e. The zero-order valence-corrected chi connectivity index (χ0v) is 15.3. The van der Waals surface area contributed by atoms with E-state index >= 15 is 0 Å². The van der Waals surface area contributed by atoms with Gasteiger partial charge in [-0.1, -0.05) is 0 Å². The van der Waals surface area contributed by atoms with E-state index in [2.05, 4.69) is 19.9 Å². The Hall–Kier alpha value is -2.70. The maximum atomic E-state index is 12.5. The number of aromatic amines is 1. The molecule has 1 atom stereocenters. The van der Waals surface area contributed by atoms with Crippen LogP contribution in [-0.4, -0.2) is 49.6 Å². The average molecular weight is 353 g/mol. The summed E-state index contributed by atoms with van der Waals surface area (Å²) in [7, 11) is 0. The van der Waals surface area contributed by atoms with Gasteiger partial charge in [0.1, 0.15) is 17.6 Å². The molecular formula is C19H23N5O2. The van der Waals surface area contributed by atoms with Crippen LogP contribution in [0.25, 0.3) is 21.9 Å². The molecule has 3 aromatic rings. The predicted octanol–water partition coefficient (Wildman–Crippen LogP) is 3.62. The summed E-state index contributed by atoms with van der Waals surface area (Å²) in [6.07, 6.45) is 6.89. The number of ether oxygens (including phenoxy) is 1. The van der Waals surface area contributed by atoms with Crippen LogP contribution in [0.5, 0.6) is 0 Å². The van der Waals surface area contributed by atoms with Crippen molar-refractivity contribution in [2.45, 2.75) is 45.1 Å². The number of fused-ring (bicyclic) bond motifs is 3. The van der Waals surface area contributed by atoms with Gasteiger partial charge in [0.15, 0.2) is 0 Å². The number of nitrogens with zero attached hydrogens (tertiary/aromatic N) is 4. The standard InChI is InChI=1S/C19H23N5O2/c1-19(2,3)26-18(25)24-8-4-5-12(10-24)16-15-13-6-7-20-17(13)21-9-14(15)22-11-23-16/h6-7,9,11-12H,4-5,8,10H2,1-3H3,(H,20,21). The van der Waals surface area contributed by atoms with Crippen LogP contribution in [0.15, 0.2) is 24.8 Å². The van der Waals surface area contributed by atoms with Crippen LogP contribution >= 0.6 is 0 Å². The van der Waals surface area contributed by atoms with Gasteiger partial charge < -0.3 is 14.6 Å². The number of rotatable bonds is 1. The number of nitrogens with one attached hydrogen (secondary N) is 1. The quantitative estimate of drug-likeness (QED) is 0.722.